The molecule has 0 radical (unpaired) electrons. The van der Waals surface area contributed by atoms with Gasteiger partial charge in [-0.15, -0.1) is 11.3 Å². The summed E-state index contributed by atoms with van der Waals surface area (Å²) in [5.41, 5.74) is 3.94. The normalized spacial score (nSPS) is 12.2. The molecule has 0 bridgehead atoms. The maximum absolute atomic E-state index is 12.2. The minimum absolute atomic E-state index is 0.0544. The van der Waals surface area contributed by atoms with Crippen molar-refractivity contribution in [2.75, 3.05) is 0 Å². The summed E-state index contributed by atoms with van der Waals surface area (Å²) in [6.07, 6.45) is 0. The van der Waals surface area contributed by atoms with Crippen LogP contribution in [-0.2, 0) is 0 Å². The van der Waals surface area contributed by atoms with Gasteiger partial charge in [0.15, 0.2) is 0 Å². The summed E-state index contributed by atoms with van der Waals surface area (Å²) in [6.45, 7) is 7.97. The quantitative estimate of drug-likeness (QED) is 0.930. The van der Waals surface area contributed by atoms with Crippen molar-refractivity contribution in [2.45, 2.75) is 33.7 Å². The number of amides is 1. The standard InChI is InChI=1S/C15H18N2OS/c1-9-5-6-13(7-10(9)2)15(18)16-11(3)14-8-19-12(4)17-14/h5-8,11H,1-4H3,(H,16,18). The third-order valence-electron chi connectivity index (χ3n) is 3.20. The van der Waals surface area contributed by atoms with E-state index in [0.29, 0.717) is 5.56 Å². The van der Waals surface area contributed by atoms with E-state index in [-0.39, 0.29) is 11.9 Å². The van der Waals surface area contributed by atoms with E-state index in [4.69, 9.17) is 0 Å². The van der Waals surface area contributed by atoms with Crippen molar-refractivity contribution in [1.29, 1.82) is 0 Å². The first-order valence-corrected chi connectivity index (χ1v) is 7.15. The summed E-state index contributed by atoms with van der Waals surface area (Å²) >= 11 is 1.60. The molecule has 1 heterocycles. The predicted octanol–water partition coefficient (Wildman–Crippen LogP) is 3.56. The molecule has 2 aromatic rings. The summed E-state index contributed by atoms with van der Waals surface area (Å²) in [6, 6.07) is 5.68. The Kier molecular flexibility index (Phi) is 4.00. The van der Waals surface area contributed by atoms with Gasteiger partial charge < -0.3 is 5.32 Å². The lowest BCUT2D eigenvalue weighted by Crippen LogP contribution is -2.26. The Morgan fingerprint density at radius 2 is 2.00 bits per heavy atom. The molecule has 100 valence electrons. The van der Waals surface area contributed by atoms with Crippen LogP contribution in [0.15, 0.2) is 23.6 Å². The molecule has 1 aromatic heterocycles. The third kappa shape index (κ3) is 3.20. The summed E-state index contributed by atoms with van der Waals surface area (Å²) in [5.74, 6) is -0.0544. The van der Waals surface area contributed by atoms with Crippen molar-refractivity contribution in [1.82, 2.24) is 10.3 Å². The molecule has 0 spiro atoms. The van der Waals surface area contributed by atoms with Gasteiger partial charge in [0.25, 0.3) is 5.91 Å². The molecule has 0 aliphatic rings. The first-order valence-electron chi connectivity index (χ1n) is 6.27. The lowest BCUT2D eigenvalue weighted by molar-refractivity contribution is 0.0939. The summed E-state index contributed by atoms with van der Waals surface area (Å²) in [5, 5.41) is 5.98. The minimum Gasteiger partial charge on any atom is -0.344 e. The minimum atomic E-state index is -0.0703. The average Bonchev–Trinajstić information content (AvgIpc) is 2.79. The van der Waals surface area contributed by atoms with Crippen LogP contribution in [0.4, 0.5) is 0 Å². The first-order chi connectivity index (χ1) is 8.97. The van der Waals surface area contributed by atoms with Crippen LogP contribution in [0.1, 0.15) is 45.2 Å². The molecule has 1 aromatic carbocycles. The zero-order chi connectivity index (χ0) is 14.0. The SMILES string of the molecule is Cc1nc(C(C)NC(=O)c2ccc(C)c(C)c2)cs1. The van der Waals surface area contributed by atoms with Crippen LogP contribution < -0.4 is 5.32 Å². The second kappa shape index (κ2) is 5.53. The smallest absolute Gasteiger partial charge is 0.251 e. The van der Waals surface area contributed by atoms with Crippen LogP contribution >= 0.6 is 11.3 Å². The average molecular weight is 274 g/mol. The van der Waals surface area contributed by atoms with Crippen LogP contribution in [0.5, 0.6) is 0 Å². The molecule has 0 fully saturated rings. The third-order valence-corrected chi connectivity index (χ3v) is 3.99. The molecular formula is C15H18N2OS. The van der Waals surface area contributed by atoms with Gasteiger partial charge in [0.1, 0.15) is 0 Å². The van der Waals surface area contributed by atoms with E-state index in [1.807, 2.05) is 51.3 Å². The number of benzene rings is 1. The van der Waals surface area contributed by atoms with Crippen LogP contribution in [-0.4, -0.2) is 10.9 Å². The van der Waals surface area contributed by atoms with Crippen molar-refractivity contribution >= 4 is 17.2 Å². The number of rotatable bonds is 3. The lowest BCUT2D eigenvalue weighted by Gasteiger charge is -2.12. The van der Waals surface area contributed by atoms with Crippen molar-refractivity contribution in [3.8, 4) is 0 Å². The highest BCUT2D eigenvalue weighted by Gasteiger charge is 2.13. The number of thiazole rings is 1. The fraction of sp³-hybridized carbons (Fsp3) is 0.333. The zero-order valence-electron chi connectivity index (χ0n) is 11.7. The van der Waals surface area contributed by atoms with Crippen LogP contribution in [0.2, 0.25) is 0 Å². The molecule has 0 aliphatic heterocycles. The van der Waals surface area contributed by atoms with E-state index in [2.05, 4.69) is 10.3 Å². The molecule has 1 atom stereocenters. The van der Waals surface area contributed by atoms with Crippen LogP contribution in [0.3, 0.4) is 0 Å². The fourth-order valence-electron chi connectivity index (χ4n) is 1.82. The van der Waals surface area contributed by atoms with Crippen LogP contribution in [0.25, 0.3) is 0 Å². The topological polar surface area (TPSA) is 42.0 Å². The Labute approximate surface area is 117 Å². The number of nitrogens with one attached hydrogen (secondary N) is 1. The molecule has 2 rings (SSSR count). The van der Waals surface area contributed by atoms with Crippen molar-refractivity contribution in [2.24, 2.45) is 0 Å². The maximum atomic E-state index is 12.2. The highest BCUT2D eigenvalue weighted by atomic mass is 32.1. The van der Waals surface area contributed by atoms with Gasteiger partial charge in [-0.05, 0) is 51.0 Å². The Bertz CT molecular complexity index is 604. The second-order valence-electron chi connectivity index (χ2n) is 4.79. The molecule has 0 saturated heterocycles. The van der Waals surface area contributed by atoms with Gasteiger partial charge in [0.2, 0.25) is 0 Å². The van der Waals surface area contributed by atoms with E-state index in [1.54, 1.807) is 11.3 Å². The fourth-order valence-corrected chi connectivity index (χ4v) is 2.52. The number of carbonyl (C=O) groups is 1. The first kappa shape index (κ1) is 13.7. The monoisotopic (exact) mass is 274 g/mol. The Balaban J connectivity index is 2.10. The van der Waals surface area contributed by atoms with Gasteiger partial charge in [-0.2, -0.15) is 0 Å². The molecular weight excluding hydrogens is 256 g/mol. The number of carbonyl (C=O) groups excluding carboxylic acids is 1. The van der Waals surface area contributed by atoms with E-state index in [9.17, 15) is 4.79 Å². The van der Waals surface area contributed by atoms with Crippen molar-refractivity contribution in [3.05, 3.63) is 51.0 Å². The molecule has 1 amide bonds. The van der Waals surface area contributed by atoms with Gasteiger partial charge in [0, 0.05) is 10.9 Å². The summed E-state index contributed by atoms with van der Waals surface area (Å²) in [7, 11) is 0. The molecule has 1 N–H and O–H groups in total. The van der Waals surface area contributed by atoms with E-state index in [1.165, 1.54) is 5.56 Å². The molecule has 4 heteroatoms. The lowest BCUT2D eigenvalue weighted by atomic mass is 10.1. The van der Waals surface area contributed by atoms with Crippen LogP contribution in [0, 0.1) is 20.8 Å². The predicted molar refractivity (Wildman–Crippen MR) is 78.6 cm³/mol. The molecule has 19 heavy (non-hydrogen) atoms. The van der Waals surface area contributed by atoms with Gasteiger partial charge in [-0.25, -0.2) is 4.98 Å². The van der Waals surface area contributed by atoms with Gasteiger partial charge in [-0.1, -0.05) is 6.07 Å². The summed E-state index contributed by atoms with van der Waals surface area (Å²) < 4.78 is 0. The zero-order valence-corrected chi connectivity index (χ0v) is 12.5. The number of nitrogens with zero attached hydrogens (tertiary/aromatic N) is 1. The van der Waals surface area contributed by atoms with Gasteiger partial charge in [-0.3, -0.25) is 4.79 Å². The second-order valence-corrected chi connectivity index (χ2v) is 5.85. The van der Waals surface area contributed by atoms with Gasteiger partial charge in [0.05, 0.1) is 16.7 Å². The number of hydrogen-bond donors (Lipinski definition) is 1. The Morgan fingerprint density at radius 3 is 2.58 bits per heavy atom. The molecule has 0 saturated carbocycles. The number of hydrogen-bond acceptors (Lipinski definition) is 3. The number of aryl methyl sites for hydroxylation is 3. The van der Waals surface area contributed by atoms with E-state index in [0.717, 1.165) is 16.3 Å². The van der Waals surface area contributed by atoms with E-state index >= 15 is 0 Å². The summed E-state index contributed by atoms with van der Waals surface area (Å²) in [4.78, 5) is 16.6. The van der Waals surface area contributed by atoms with Crippen molar-refractivity contribution < 1.29 is 4.79 Å². The molecule has 1 unspecified atom stereocenters. The Morgan fingerprint density at radius 1 is 1.26 bits per heavy atom. The Hall–Kier alpha value is -1.68. The van der Waals surface area contributed by atoms with Crippen molar-refractivity contribution in [3.63, 3.8) is 0 Å². The van der Waals surface area contributed by atoms with Gasteiger partial charge >= 0.3 is 0 Å². The largest absolute Gasteiger partial charge is 0.344 e. The molecule has 3 nitrogen and oxygen atoms in total. The highest BCUT2D eigenvalue weighted by molar-refractivity contribution is 7.09. The molecule has 0 aliphatic carbocycles. The highest BCUT2D eigenvalue weighted by Crippen LogP contribution is 2.17. The van der Waals surface area contributed by atoms with E-state index < -0.39 is 0 Å². The maximum Gasteiger partial charge on any atom is 0.251 e. The number of aromatic nitrogens is 1.